The average molecular weight is 369 g/mol. The monoisotopic (exact) mass is 368 g/mol. The molecule has 0 unspecified atom stereocenters. The van der Waals surface area contributed by atoms with Gasteiger partial charge in [-0.1, -0.05) is 29.3 Å². The van der Waals surface area contributed by atoms with E-state index in [1.54, 1.807) is 12.3 Å². The van der Waals surface area contributed by atoms with Crippen LogP contribution in [0.4, 0.5) is 11.8 Å². The second kappa shape index (κ2) is 9.61. The standard InChI is InChI=1S/C16H22Cl2N6/c1-24(2)9-3-7-20-16-22-15(11-21-23-16)19-8-6-12-4-5-13(17)10-14(12)18/h4-5,10-11H,3,6-9H2,1-2H3,(H2,19,20,22,23). The summed E-state index contributed by atoms with van der Waals surface area (Å²) in [6.07, 6.45) is 3.39. The van der Waals surface area contributed by atoms with Crippen molar-refractivity contribution in [2.75, 3.05) is 44.4 Å². The van der Waals surface area contributed by atoms with E-state index in [0.717, 1.165) is 31.5 Å². The molecule has 0 aliphatic carbocycles. The highest BCUT2D eigenvalue weighted by molar-refractivity contribution is 6.35. The molecule has 0 spiro atoms. The van der Waals surface area contributed by atoms with Gasteiger partial charge < -0.3 is 15.5 Å². The molecule has 0 aliphatic rings. The third kappa shape index (κ3) is 6.47. The van der Waals surface area contributed by atoms with Gasteiger partial charge in [-0.2, -0.15) is 10.1 Å². The third-order valence-corrected chi connectivity index (χ3v) is 3.93. The van der Waals surface area contributed by atoms with E-state index in [9.17, 15) is 0 Å². The maximum atomic E-state index is 6.17. The molecule has 2 aromatic rings. The summed E-state index contributed by atoms with van der Waals surface area (Å²) in [5, 5.41) is 15.7. The van der Waals surface area contributed by atoms with Crippen molar-refractivity contribution in [2.45, 2.75) is 12.8 Å². The lowest BCUT2D eigenvalue weighted by Crippen LogP contribution is -2.17. The van der Waals surface area contributed by atoms with Gasteiger partial charge in [-0.05, 0) is 51.2 Å². The first kappa shape index (κ1) is 18.7. The number of hydrogen-bond donors (Lipinski definition) is 2. The Morgan fingerprint density at radius 2 is 1.96 bits per heavy atom. The molecule has 2 N–H and O–H groups in total. The van der Waals surface area contributed by atoms with Crippen LogP contribution in [0.25, 0.3) is 0 Å². The van der Waals surface area contributed by atoms with Crippen LogP contribution in [0.5, 0.6) is 0 Å². The Morgan fingerprint density at radius 3 is 2.71 bits per heavy atom. The molecule has 2 rings (SSSR count). The Morgan fingerprint density at radius 1 is 1.12 bits per heavy atom. The van der Waals surface area contributed by atoms with Crippen LogP contribution in [0.2, 0.25) is 10.0 Å². The molecule has 0 aliphatic heterocycles. The number of benzene rings is 1. The summed E-state index contributed by atoms with van der Waals surface area (Å²) in [6.45, 7) is 2.52. The molecule has 130 valence electrons. The van der Waals surface area contributed by atoms with Crippen molar-refractivity contribution in [3.05, 3.63) is 40.0 Å². The molecule has 0 saturated heterocycles. The lowest BCUT2D eigenvalue weighted by Gasteiger charge is -2.10. The Kier molecular flexibility index (Phi) is 7.49. The summed E-state index contributed by atoms with van der Waals surface area (Å²) in [4.78, 5) is 6.53. The summed E-state index contributed by atoms with van der Waals surface area (Å²) < 4.78 is 0. The van der Waals surface area contributed by atoms with Crippen molar-refractivity contribution < 1.29 is 0 Å². The summed E-state index contributed by atoms with van der Waals surface area (Å²) in [6, 6.07) is 5.52. The van der Waals surface area contributed by atoms with Gasteiger partial charge in [-0.15, -0.1) is 5.10 Å². The number of aromatic nitrogens is 3. The zero-order valence-electron chi connectivity index (χ0n) is 13.9. The van der Waals surface area contributed by atoms with E-state index in [0.29, 0.717) is 28.4 Å². The van der Waals surface area contributed by atoms with E-state index in [-0.39, 0.29) is 0 Å². The maximum Gasteiger partial charge on any atom is 0.244 e. The number of hydrogen-bond acceptors (Lipinski definition) is 6. The topological polar surface area (TPSA) is 66.0 Å². The van der Waals surface area contributed by atoms with Gasteiger partial charge in [0.15, 0.2) is 5.82 Å². The van der Waals surface area contributed by atoms with Crippen LogP contribution >= 0.6 is 23.2 Å². The Labute approximate surface area is 152 Å². The Hall–Kier alpha value is -1.63. The molecule has 0 saturated carbocycles. The van der Waals surface area contributed by atoms with Gasteiger partial charge in [-0.3, -0.25) is 0 Å². The Bertz CT molecular complexity index is 650. The van der Waals surface area contributed by atoms with E-state index < -0.39 is 0 Å². The molecule has 1 aromatic heterocycles. The fourth-order valence-corrected chi connectivity index (χ4v) is 2.61. The minimum Gasteiger partial charge on any atom is -0.368 e. The molecule has 0 radical (unpaired) electrons. The molecular formula is C16H22Cl2N6. The minimum atomic E-state index is 0.531. The van der Waals surface area contributed by atoms with Crippen molar-refractivity contribution >= 4 is 35.0 Å². The van der Waals surface area contributed by atoms with E-state index in [4.69, 9.17) is 23.2 Å². The predicted molar refractivity (Wildman–Crippen MR) is 100 cm³/mol. The first-order valence-corrected chi connectivity index (χ1v) is 8.56. The molecule has 24 heavy (non-hydrogen) atoms. The van der Waals surface area contributed by atoms with Gasteiger partial charge >= 0.3 is 0 Å². The molecule has 8 heteroatoms. The molecule has 0 atom stereocenters. The van der Waals surface area contributed by atoms with Gasteiger partial charge in [0.25, 0.3) is 0 Å². The number of rotatable bonds is 9. The summed E-state index contributed by atoms with van der Waals surface area (Å²) in [5.74, 6) is 1.22. The van der Waals surface area contributed by atoms with Crippen molar-refractivity contribution in [3.8, 4) is 0 Å². The average Bonchev–Trinajstić information content (AvgIpc) is 2.54. The van der Waals surface area contributed by atoms with Crippen LogP contribution in [0.1, 0.15) is 12.0 Å². The van der Waals surface area contributed by atoms with E-state index in [2.05, 4.69) is 44.8 Å². The normalized spacial score (nSPS) is 10.9. The fraction of sp³-hybridized carbons (Fsp3) is 0.438. The lowest BCUT2D eigenvalue weighted by molar-refractivity contribution is 0.405. The molecule has 1 aromatic carbocycles. The highest BCUT2D eigenvalue weighted by atomic mass is 35.5. The first-order valence-electron chi connectivity index (χ1n) is 7.81. The van der Waals surface area contributed by atoms with E-state index in [1.807, 2.05) is 12.1 Å². The zero-order chi connectivity index (χ0) is 17.4. The highest BCUT2D eigenvalue weighted by Gasteiger charge is 2.03. The smallest absolute Gasteiger partial charge is 0.244 e. The zero-order valence-corrected chi connectivity index (χ0v) is 15.4. The maximum absolute atomic E-state index is 6.17. The van der Waals surface area contributed by atoms with Gasteiger partial charge in [0.05, 0.1) is 6.20 Å². The van der Waals surface area contributed by atoms with Gasteiger partial charge in [-0.25, -0.2) is 0 Å². The number of nitrogens with zero attached hydrogens (tertiary/aromatic N) is 4. The molecular weight excluding hydrogens is 347 g/mol. The van der Waals surface area contributed by atoms with Crippen LogP contribution in [0, 0.1) is 0 Å². The van der Waals surface area contributed by atoms with Crippen LogP contribution in [0.15, 0.2) is 24.4 Å². The SMILES string of the molecule is CN(C)CCCNc1nncc(NCCc2ccc(Cl)cc2Cl)n1. The fourth-order valence-electron chi connectivity index (χ4n) is 2.11. The van der Waals surface area contributed by atoms with Crippen molar-refractivity contribution in [2.24, 2.45) is 0 Å². The van der Waals surface area contributed by atoms with Crippen LogP contribution in [-0.4, -0.2) is 53.8 Å². The number of halogens is 2. The molecule has 6 nitrogen and oxygen atoms in total. The lowest BCUT2D eigenvalue weighted by atomic mass is 10.1. The van der Waals surface area contributed by atoms with E-state index in [1.165, 1.54) is 0 Å². The molecule has 0 bridgehead atoms. The van der Waals surface area contributed by atoms with Crippen LogP contribution in [-0.2, 0) is 6.42 Å². The first-order chi connectivity index (χ1) is 11.5. The third-order valence-electron chi connectivity index (χ3n) is 3.34. The van der Waals surface area contributed by atoms with Gasteiger partial charge in [0.1, 0.15) is 0 Å². The molecule has 0 amide bonds. The van der Waals surface area contributed by atoms with Crippen LogP contribution < -0.4 is 10.6 Å². The summed E-state index contributed by atoms with van der Waals surface area (Å²) in [7, 11) is 4.10. The number of nitrogens with one attached hydrogen (secondary N) is 2. The van der Waals surface area contributed by atoms with Crippen molar-refractivity contribution in [1.29, 1.82) is 0 Å². The Balaban J connectivity index is 1.79. The largest absolute Gasteiger partial charge is 0.368 e. The minimum absolute atomic E-state index is 0.531. The van der Waals surface area contributed by atoms with Crippen molar-refractivity contribution in [3.63, 3.8) is 0 Å². The molecule has 1 heterocycles. The van der Waals surface area contributed by atoms with Gasteiger partial charge in [0, 0.05) is 23.1 Å². The van der Waals surface area contributed by atoms with Crippen LogP contribution in [0.3, 0.4) is 0 Å². The van der Waals surface area contributed by atoms with Gasteiger partial charge in [0.2, 0.25) is 5.95 Å². The van der Waals surface area contributed by atoms with Crippen molar-refractivity contribution in [1.82, 2.24) is 20.1 Å². The van der Waals surface area contributed by atoms with E-state index >= 15 is 0 Å². The second-order valence-corrected chi connectivity index (χ2v) is 6.50. The predicted octanol–water partition coefficient (Wildman–Crippen LogP) is 3.20. The second-order valence-electron chi connectivity index (χ2n) is 5.66. The summed E-state index contributed by atoms with van der Waals surface area (Å²) in [5.41, 5.74) is 1.04. The molecule has 0 fully saturated rings. The number of anilines is 2. The quantitative estimate of drug-likeness (QED) is 0.662. The summed E-state index contributed by atoms with van der Waals surface area (Å²) >= 11 is 12.1. The highest BCUT2D eigenvalue weighted by Crippen LogP contribution is 2.21.